The third kappa shape index (κ3) is 4.13. The van der Waals surface area contributed by atoms with Crippen molar-refractivity contribution < 1.29 is 31.7 Å². The Labute approximate surface area is 173 Å². The van der Waals surface area contributed by atoms with Crippen LogP contribution in [-0.2, 0) is 21.6 Å². The molecule has 1 aliphatic heterocycles. The fourth-order valence-corrected chi connectivity index (χ4v) is 3.30. The first-order valence-electron chi connectivity index (χ1n) is 9.24. The van der Waals surface area contributed by atoms with Gasteiger partial charge in [-0.3, -0.25) is 9.78 Å². The molecule has 0 saturated carbocycles. The van der Waals surface area contributed by atoms with E-state index in [2.05, 4.69) is 25.3 Å². The Morgan fingerprint density at radius 2 is 2.13 bits per heavy atom. The fraction of sp³-hybridized carbons (Fsp3) is 0.444. The minimum absolute atomic E-state index is 0.00492. The van der Waals surface area contributed by atoms with Gasteiger partial charge in [-0.05, 0) is 25.5 Å². The topological polar surface area (TPSA) is 120 Å². The van der Waals surface area contributed by atoms with Gasteiger partial charge in [0.25, 0.3) is 5.89 Å². The van der Waals surface area contributed by atoms with E-state index in [4.69, 9.17) is 13.8 Å². The molecule has 1 saturated heterocycles. The first kappa shape index (κ1) is 20.9. The number of hydrogen-bond donors (Lipinski definition) is 0. The minimum atomic E-state index is -4.71. The molecule has 3 aromatic rings. The van der Waals surface area contributed by atoms with Gasteiger partial charge in [-0.1, -0.05) is 10.3 Å². The normalized spacial score (nSPS) is 19.2. The lowest BCUT2D eigenvalue weighted by Crippen LogP contribution is -2.46. The van der Waals surface area contributed by atoms with E-state index in [0.29, 0.717) is 11.4 Å². The summed E-state index contributed by atoms with van der Waals surface area (Å²) in [6.45, 7) is 0.290. The van der Waals surface area contributed by atoms with Crippen LogP contribution in [-0.4, -0.2) is 61.9 Å². The molecule has 1 atom stereocenters. The summed E-state index contributed by atoms with van der Waals surface area (Å²) >= 11 is 0. The maximum atomic E-state index is 14.1. The van der Waals surface area contributed by atoms with E-state index in [0.717, 1.165) is 4.90 Å². The third-order valence-electron chi connectivity index (χ3n) is 4.94. The van der Waals surface area contributed by atoms with Crippen LogP contribution in [0.2, 0.25) is 0 Å². The van der Waals surface area contributed by atoms with Crippen molar-refractivity contribution in [1.82, 2.24) is 30.2 Å². The lowest BCUT2D eigenvalue weighted by Gasteiger charge is -2.27. The van der Waals surface area contributed by atoms with Crippen LogP contribution in [0.4, 0.5) is 13.2 Å². The summed E-state index contributed by atoms with van der Waals surface area (Å²) < 4.78 is 57.3. The molecule has 0 aromatic carbocycles. The van der Waals surface area contributed by atoms with Crippen LogP contribution in [0.3, 0.4) is 0 Å². The second-order valence-electron chi connectivity index (χ2n) is 7.04. The number of pyridine rings is 1. The van der Waals surface area contributed by atoms with Crippen LogP contribution >= 0.6 is 0 Å². The monoisotopic (exact) mass is 438 g/mol. The molecular formula is C18H17F3N6O4. The number of ether oxygens (including phenoxy) is 1. The summed E-state index contributed by atoms with van der Waals surface area (Å²) in [6.07, 6.45) is -2.17. The molecule has 1 aliphatic rings. The van der Waals surface area contributed by atoms with Gasteiger partial charge in [-0.15, -0.1) is 0 Å². The van der Waals surface area contributed by atoms with Crippen LogP contribution in [0, 0.1) is 6.92 Å². The fourth-order valence-electron chi connectivity index (χ4n) is 3.30. The Bertz CT molecular complexity index is 1050. The predicted octanol–water partition coefficient (Wildman–Crippen LogP) is 2.07. The molecule has 13 heteroatoms. The summed E-state index contributed by atoms with van der Waals surface area (Å²) in [5.74, 6) is -0.616. The van der Waals surface area contributed by atoms with Crippen LogP contribution in [0.15, 0.2) is 33.6 Å². The van der Waals surface area contributed by atoms with Crippen molar-refractivity contribution in [1.29, 1.82) is 0 Å². The number of rotatable bonds is 6. The van der Waals surface area contributed by atoms with Crippen molar-refractivity contribution in [2.45, 2.75) is 31.5 Å². The van der Waals surface area contributed by atoms with Gasteiger partial charge in [0, 0.05) is 31.0 Å². The molecule has 1 amide bonds. The second-order valence-corrected chi connectivity index (χ2v) is 7.04. The summed E-state index contributed by atoms with van der Waals surface area (Å²) in [6, 6.07) is 3.21. The van der Waals surface area contributed by atoms with E-state index in [1.165, 1.54) is 12.4 Å². The molecule has 4 rings (SSSR count). The summed E-state index contributed by atoms with van der Waals surface area (Å²) in [5, 5.41) is 7.25. The Morgan fingerprint density at radius 3 is 2.81 bits per heavy atom. The average molecular weight is 438 g/mol. The smallest absolute Gasteiger partial charge is 0.362 e. The lowest BCUT2D eigenvalue weighted by atomic mass is 9.86. The average Bonchev–Trinajstić information content (AvgIpc) is 3.48. The van der Waals surface area contributed by atoms with Crippen molar-refractivity contribution in [2.75, 3.05) is 19.7 Å². The zero-order valence-electron chi connectivity index (χ0n) is 16.3. The van der Waals surface area contributed by atoms with Crippen molar-refractivity contribution >= 4 is 5.91 Å². The first-order valence-corrected chi connectivity index (χ1v) is 9.24. The number of halogens is 3. The zero-order chi connectivity index (χ0) is 22.1. The number of alkyl halides is 3. The van der Waals surface area contributed by atoms with E-state index >= 15 is 0 Å². The molecule has 1 unspecified atom stereocenters. The standard InChI is InChI=1S/C18H17F3N6O4/c1-11-23-13(30-25-11)8-29-9-14(28)27-6-4-17(10-27,18(19,20)21)16-24-15(26-31-16)12-3-2-5-22-7-12/h2-3,5,7H,4,6,8-10H2,1H3. The number of hydrogen-bond acceptors (Lipinski definition) is 9. The van der Waals surface area contributed by atoms with Crippen LogP contribution in [0.1, 0.15) is 24.0 Å². The van der Waals surface area contributed by atoms with Crippen molar-refractivity contribution in [2.24, 2.45) is 0 Å². The highest BCUT2D eigenvalue weighted by Crippen LogP contribution is 2.47. The van der Waals surface area contributed by atoms with Crippen LogP contribution < -0.4 is 0 Å². The summed E-state index contributed by atoms with van der Waals surface area (Å²) in [7, 11) is 0. The molecule has 4 heterocycles. The summed E-state index contributed by atoms with van der Waals surface area (Å²) in [5.41, 5.74) is -2.04. The highest BCUT2D eigenvalue weighted by Gasteiger charge is 2.63. The molecule has 0 aliphatic carbocycles. The van der Waals surface area contributed by atoms with Gasteiger partial charge in [0.15, 0.2) is 11.2 Å². The van der Waals surface area contributed by atoms with E-state index < -0.39 is 43.0 Å². The van der Waals surface area contributed by atoms with Gasteiger partial charge in [0.05, 0.1) is 0 Å². The molecule has 31 heavy (non-hydrogen) atoms. The van der Waals surface area contributed by atoms with Gasteiger partial charge in [0.2, 0.25) is 17.6 Å². The van der Waals surface area contributed by atoms with Gasteiger partial charge < -0.3 is 18.7 Å². The molecular weight excluding hydrogens is 421 g/mol. The van der Waals surface area contributed by atoms with Gasteiger partial charge in [0.1, 0.15) is 13.2 Å². The van der Waals surface area contributed by atoms with Gasteiger partial charge >= 0.3 is 6.18 Å². The number of likely N-dealkylation sites (tertiary alicyclic amines) is 1. The lowest BCUT2D eigenvalue weighted by molar-refractivity contribution is -0.194. The minimum Gasteiger partial charge on any atom is -0.362 e. The molecule has 10 nitrogen and oxygen atoms in total. The molecule has 0 radical (unpaired) electrons. The largest absolute Gasteiger partial charge is 0.405 e. The SMILES string of the molecule is Cc1noc(COCC(=O)N2CCC(c3nc(-c4cccnc4)no3)(C(F)(F)F)C2)n1. The Balaban J connectivity index is 1.47. The quantitative estimate of drug-likeness (QED) is 0.569. The maximum absolute atomic E-state index is 14.1. The number of amides is 1. The highest BCUT2D eigenvalue weighted by atomic mass is 19.4. The van der Waals surface area contributed by atoms with Gasteiger partial charge in [-0.25, -0.2) is 0 Å². The van der Waals surface area contributed by atoms with E-state index in [1.807, 2.05) is 0 Å². The highest BCUT2D eigenvalue weighted by molar-refractivity contribution is 5.78. The van der Waals surface area contributed by atoms with E-state index in [1.54, 1.807) is 19.1 Å². The van der Waals surface area contributed by atoms with E-state index in [-0.39, 0.29) is 24.9 Å². The van der Waals surface area contributed by atoms with E-state index in [9.17, 15) is 18.0 Å². The van der Waals surface area contributed by atoms with Crippen LogP contribution in [0.5, 0.6) is 0 Å². The third-order valence-corrected chi connectivity index (χ3v) is 4.94. The Kier molecular flexibility index (Phi) is 5.43. The van der Waals surface area contributed by atoms with Crippen molar-refractivity contribution in [3.05, 3.63) is 42.1 Å². The molecule has 3 aromatic heterocycles. The van der Waals surface area contributed by atoms with Crippen molar-refractivity contribution in [3.63, 3.8) is 0 Å². The number of carbonyl (C=O) groups is 1. The maximum Gasteiger partial charge on any atom is 0.405 e. The number of aryl methyl sites for hydroxylation is 1. The zero-order valence-corrected chi connectivity index (χ0v) is 16.3. The Morgan fingerprint density at radius 1 is 1.29 bits per heavy atom. The molecule has 0 spiro atoms. The number of nitrogens with zero attached hydrogens (tertiary/aromatic N) is 6. The van der Waals surface area contributed by atoms with Crippen molar-refractivity contribution in [3.8, 4) is 11.4 Å². The first-order chi connectivity index (χ1) is 14.8. The molecule has 164 valence electrons. The molecule has 0 bridgehead atoms. The summed E-state index contributed by atoms with van der Waals surface area (Å²) in [4.78, 5) is 25.3. The van der Waals surface area contributed by atoms with Crippen LogP contribution in [0.25, 0.3) is 11.4 Å². The predicted molar refractivity (Wildman–Crippen MR) is 95.2 cm³/mol. The second kappa shape index (κ2) is 8.06. The Hall–Kier alpha value is -3.35. The molecule has 1 fully saturated rings. The molecule has 0 N–H and O–H groups in total. The number of carbonyl (C=O) groups excluding carboxylic acids is 1. The number of aromatic nitrogens is 5. The van der Waals surface area contributed by atoms with Gasteiger partial charge in [-0.2, -0.15) is 23.1 Å².